The van der Waals surface area contributed by atoms with Crippen LogP contribution in [0.25, 0.3) is 11.1 Å². The van der Waals surface area contributed by atoms with Crippen LogP contribution in [0, 0.1) is 17.2 Å². The van der Waals surface area contributed by atoms with Crippen molar-refractivity contribution < 1.29 is 4.39 Å². The van der Waals surface area contributed by atoms with Crippen LogP contribution in [0.1, 0.15) is 57.2 Å². The van der Waals surface area contributed by atoms with E-state index in [9.17, 15) is 4.39 Å². The zero-order valence-corrected chi connectivity index (χ0v) is 18.3. The molecule has 1 heterocycles. The number of nitrogens with one attached hydrogen (secondary N) is 1. The van der Waals surface area contributed by atoms with Crippen LogP contribution in [0.5, 0.6) is 0 Å². The highest BCUT2D eigenvalue weighted by atomic mass is 19.1. The first-order valence-corrected chi connectivity index (χ1v) is 10.5. The van der Waals surface area contributed by atoms with Gasteiger partial charge in [0.15, 0.2) is 0 Å². The Morgan fingerprint density at radius 2 is 1.80 bits per heavy atom. The number of allylic oxidation sites excluding steroid dienone is 2. The molecule has 2 atom stereocenters. The summed E-state index contributed by atoms with van der Waals surface area (Å²) in [6.07, 6.45) is 4.41. The van der Waals surface area contributed by atoms with Crippen molar-refractivity contribution in [1.82, 2.24) is 10.3 Å². The van der Waals surface area contributed by atoms with Gasteiger partial charge in [-0.1, -0.05) is 70.2 Å². The van der Waals surface area contributed by atoms with Gasteiger partial charge < -0.3 is 5.32 Å². The lowest BCUT2D eigenvalue weighted by atomic mass is 9.84. The van der Waals surface area contributed by atoms with E-state index < -0.39 is 6.67 Å². The summed E-state index contributed by atoms with van der Waals surface area (Å²) >= 11 is 0. The van der Waals surface area contributed by atoms with Gasteiger partial charge in [-0.3, -0.25) is 0 Å². The quantitative estimate of drug-likeness (QED) is 0.431. The summed E-state index contributed by atoms with van der Waals surface area (Å²) in [4.78, 5) is 4.14. The van der Waals surface area contributed by atoms with Gasteiger partial charge in [0.25, 0.3) is 0 Å². The van der Waals surface area contributed by atoms with Gasteiger partial charge in [0.05, 0.1) is 6.04 Å². The molecule has 0 aliphatic heterocycles. The number of pyridine rings is 1. The first-order valence-electron chi connectivity index (χ1n) is 10.5. The van der Waals surface area contributed by atoms with Crippen molar-refractivity contribution in [2.75, 3.05) is 6.67 Å². The Labute approximate surface area is 180 Å². The highest BCUT2D eigenvalue weighted by Crippen LogP contribution is 2.31. The second-order valence-corrected chi connectivity index (χ2v) is 8.06. The summed E-state index contributed by atoms with van der Waals surface area (Å²) < 4.78 is 14.1. The van der Waals surface area contributed by atoms with Crippen molar-refractivity contribution in [3.8, 4) is 17.2 Å². The fourth-order valence-corrected chi connectivity index (χ4v) is 3.46. The summed E-state index contributed by atoms with van der Waals surface area (Å²) in [5, 5.41) is 12.2. The number of benzene rings is 1. The van der Waals surface area contributed by atoms with Gasteiger partial charge >= 0.3 is 0 Å². The van der Waals surface area contributed by atoms with E-state index in [4.69, 9.17) is 5.26 Å². The van der Waals surface area contributed by atoms with Crippen molar-refractivity contribution in [2.24, 2.45) is 5.92 Å². The van der Waals surface area contributed by atoms with Crippen LogP contribution < -0.4 is 5.32 Å². The van der Waals surface area contributed by atoms with Gasteiger partial charge in [0.1, 0.15) is 18.4 Å². The molecule has 1 aromatic heterocycles. The number of aromatic nitrogens is 1. The molecule has 2 rings (SSSR count). The fourth-order valence-electron chi connectivity index (χ4n) is 3.46. The first-order chi connectivity index (χ1) is 14.4. The van der Waals surface area contributed by atoms with Gasteiger partial charge in [-0.25, -0.2) is 9.37 Å². The molecule has 0 aliphatic carbocycles. The van der Waals surface area contributed by atoms with Crippen molar-refractivity contribution in [3.05, 3.63) is 78.3 Å². The summed E-state index contributed by atoms with van der Waals surface area (Å²) in [5.74, 6) is 0.211. The summed E-state index contributed by atoms with van der Waals surface area (Å²) in [6.45, 7) is 14.0. The highest BCUT2D eigenvalue weighted by molar-refractivity contribution is 5.63. The van der Waals surface area contributed by atoms with Crippen LogP contribution in [-0.4, -0.2) is 17.7 Å². The Balaban J connectivity index is 2.30. The molecule has 3 nitrogen and oxygen atoms in total. The molecular weight excluding hydrogens is 373 g/mol. The molecular formula is C26H32FN3. The second-order valence-electron chi connectivity index (χ2n) is 8.06. The number of halogens is 1. The lowest BCUT2D eigenvalue weighted by molar-refractivity contribution is 0.339. The molecule has 0 spiro atoms. The second kappa shape index (κ2) is 11.3. The third-order valence-electron chi connectivity index (χ3n) is 5.38. The zero-order chi connectivity index (χ0) is 22.1. The Bertz CT molecular complexity index is 876. The minimum atomic E-state index is -0.475. The number of alkyl halides is 1. The third kappa shape index (κ3) is 6.29. The fraction of sp³-hybridized carbons (Fsp3) is 0.385. The van der Waals surface area contributed by atoms with Gasteiger partial charge in [-0.2, -0.15) is 5.26 Å². The molecule has 2 aromatic rings. The Morgan fingerprint density at radius 1 is 1.13 bits per heavy atom. The van der Waals surface area contributed by atoms with Gasteiger partial charge in [0.2, 0.25) is 0 Å². The zero-order valence-electron chi connectivity index (χ0n) is 18.3. The number of nitriles is 1. The Kier molecular flexibility index (Phi) is 8.80. The molecule has 0 saturated heterocycles. The Morgan fingerprint density at radius 3 is 2.30 bits per heavy atom. The Hall–Kier alpha value is -2.93. The SMILES string of the molecule is C=C(CCC)C[C@H](c1ccc(-c2ccc(C#N)nc2)cc1)[C@@H](CF)NC(=C)C(C)C. The molecule has 0 bridgehead atoms. The maximum atomic E-state index is 14.1. The van der Waals surface area contributed by atoms with E-state index in [0.717, 1.165) is 47.2 Å². The molecule has 0 fully saturated rings. The highest BCUT2D eigenvalue weighted by Gasteiger charge is 2.25. The van der Waals surface area contributed by atoms with Crippen molar-refractivity contribution in [3.63, 3.8) is 0 Å². The number of rotatable bonds is 11. The predicted octanol–water partition coefficient (Wildman–Crippen LogP) is 6.55. The molecule has 1 N–H and O–H groups in total. The van der Waals surface area contributed by atoms with Crippen LogP contribution >= 0.6 is 0 Å². The molecule has 158 valence electrons. The molecule has 0 aliphatic rings. The molecule has 30 heavy (non-hydrogen) atoms. The monoisotopic (exact) mass is 405 g/mol. The topological polar surface area (TPSA) is 48.7 Å². The smallest absolute Gasteiger partial charge is 0.140 e. The van der Waals surface area contributed by atoms with Crippen molar-refractivity contribution >= 4 is 0 Å². The normalized spacial score (nSPS) is 12.8. The maximum absolute atomic E-state index is 14.1. The number of hydrogen-bond donors (Lipinski definition) is 1. The van der Waals surface area contributed by atoms with Gasteiger partial charge in [-0.05, 0) is 42.0 Å². The van der Waals surface area contributed by atoms with E-state index >= 15 is 0 Å². The predicted molar refractivity (Wildman–Crippen MR) is 123 cm³/mol. The molecule has 4 heteroatoms. The molecule has 1 aromatic carbocycles. The number of hydrogen-bond acceptors (Lipinski definition) is 3. The van der Waals surface area contributed by atoms with Crippen LogP contribution in [-0.2, 0) is 0 Å². The first kappa shape index (κ1) is 23.3. The van der Waals surface area contributed by atoms with E-state index in [1.165, 1.54) is 0 Å². The van der Waals surface area contributed by atoms with Crippen molar-refractivity contribution in [2.45, 2.75) is 52.0 Å². The number of nitrogens with zero attached hydrogens (tertiary/aromatic N) is 2. The van der Waals surface area contributed by atoms with Crippen LogP contribution in [0.2, 0.25) is 0 Å². The largest absolute Gasteiger partial charge is 0.383 e. The average molecular weight is 406 g/mol. The van der Waals surface area contributed by atoms with Crippen molar-refractivity contribution in [1.29, 1.82) is 5.26 Å². The molecule has 0 amide bonds. The van der Waals surface area contributed by atoms with Crippen LogP contribution in [0.4, 0.5) is 4.39 Å². The van der Waals surface area contributed by atoms with E-state index in [1.54, 1.807) is 12.3 Å². The summed E-state index contributed by atoms with van der Waals surface area (Å²) in [6, 6.07) is 13.4. The van der Waals surface area contributed by atoms with Gasteiger partial charge in [0, 0.05) is 23.4 Å². The standard InChI is InChI=1S/C26H32FN3/c1-6-7-19(4)14-25(26(15-27)30-20(5)18(2)3)22-10-8-21(9-11-22)23-12-13-24(16-28)29-17-23/h8-13,17-18,25-26,30H,4-7,14-15H2,1-3H3/t25-,26-/m1/s1. The van der Waals surface area contributed by atoms with Gasteiger partial charge in [-0.15, -0.1) is 0 Å². The van der Waals surface area contributed by atoms with E-state index in [2.05, 4.69) is 56.4 Å². The lowest BCUT2D eigenvalue weighted by Crippen LogP contribution is -2.37. The third-order valence-corrected chi connectivity index (χ3v) is 5.38. The van der Waals surface area contributed by atoms with E-state index in [1.807, 2.05) is 24.3 Å². The van der Waals surface area contributed by atoms with Crippen LogP contribution in [0.15, 0.2) is 67.0 Å². The molecule has 0 radical (unpaired) electrons. The maximum Gasteiger partial charge on any atom is 0.140 e. The summed E-state index contributed by atoms with van der Waals surface area (Å²) in [7, 11) is 0. The molecule has 0 saturated carbocycles. The average Bonchev–Trinajstić information content (AvgIpc) is 2.76. The summed E-state index contributed by atoms with van der Waals surface area (Å²) in [5.41, 5.74) is 5.41. The lowest BCUT2D eigenvalue weighted by Gasteiger charge is -2.30. The van der Waals surface area contributed by atoms with E-state index in [-0.39, 0.29) is 17.9 Å². The minimum absolute atomic E-state index is 0.0299. The minimum Gasteiger partial charge on any atom is -0.383 e. The molecule has 0 unspecified atom stereocenters. The van der Waals surface area contributed by atoms with E-state index in [0.29, 0.717) is 5.69 Å². The van der Waals surface area contributed by atoms with Crippen LogP contribution in [0.3, 0.4) is 0 Å².